The molecule has 3 N–H and O–H groups in total. The maximum atomic E-state index is 12.7. The van der Waals surface area contributed by atoms with Gasteiger partial charge in [0.25, 0.3) is 0 Å². The van der Waals surface area contributed by atoms with Crippen LogP contribution in [0.2, 0.25) is 0 Å². The van der Waals surface area contributed by atoms with Crippen molar-refractivity contribution in [1.82, 2.24) is 5.43 Å². The summed E-state index contributed by atoms with van der Waals surface area (Å²) in [7, 11) is 0. The standard InChI is InChI=1S/C9H14F2N2/c1-2-8(13-12)7-3-5-9(10,11)6-4-7/h1,7-8,13H,3-6,12H2. The summed E-state index contributed by atoms with van der Waals surface area (Å²) >= 11 is 0. The Labute approximate surface area is 76.8 Å². The fourth-order valence-electron chi connectivity index (χ4n) is 1.72. The van der Waals surface area contributed by atoms with Crippen LogP contribution in [-0.4, -0.2) is 12.0 Å². The Kier molecular flexibility index (Phi) is 3.23. The van der Waals surface area contributed by atoms with Crippen LogP contribution in [-0.2, 0) is 0 Å². The van der Waals surface area contributed by atoms with E-state index in [1.807, 2.05) is 0 Å². The molecule has 0 aliphatic heterocycles. The molecule has 0 heterocycles. The summed E-state index contributed by atoms with van der Waals surface area (Å²) in [5.41, 5.74) is 2.47. The first-order valence-corrected chi connectivity index (χ1v) is 4.39. The van der Waals surface area contributed by atoms with Crippen LogP contribution in [0.3, 0.4) is 0 Å². The van der Waals surface area contributed by atoms with E-state index in [0.717, 1.165) is 0 Å². The van der Waals surface area contributed by atoms with Gasteiger partial charge in [-0.15, -0.1) is 6.42 Å². The van der Waals surface area contributed by atoms with Crippen molar-refractivity contribution in [1.29, 1.82) is 0 Å². The molecule has 13 heavy (non-hydrogen) atoms. The Morgan fingerprint density at radius 3 is 2.38 bits per heavy atom. The first kappa shape index (κ1) is 10.4. The Balaban J connectivity index is 2.45. The predicted molar refractivity (Wildman–Crippen MR) is 46.8 cm³/mol. The molecule has 1 atom stereocenters. The lowest BCUT2D eigenvalue weighted by molar-refractivity contribution is -0.0475. The summed E-state index contributed by atoms with van der Waals surface area (Å²) in [5, 5.41) is 0. The van der Waals surface area contributed by atoms with Crippen LogP contribution in [0, 0.1) is 18.3 Å². The van der Waals surface area contributed by atoms with Crippen molar-refractivity contribution in [3.8, 4) is 12.3 Å². The second kappa shape index (κ2) is 4.03. The number of terminal acetylenes is 1. The van der Waals surface area contributed by atoms with Gasteiger partial charge >= 0.3 is 0 Å². The number of hydrazine groups is 1. The molecule has 1 saturated carbocycles. The summed E-state index contributed by atoms with van der Waals surface area (Å²) < 4.78 is 25.5. The van der Waals surface area contributed by atoms with Gasteiger partial charge in [0.05, 0.1) is 6.04 Å². The molecule has 0 saturated heterocycles. The van der Waals surface area contributed by atoms with Crippen molar-refractivity contribution >= 4 is 0 Å². The van der Waals surface area contributed by atoms with E-state index >= 15 is 0 Å². The third-order valence-corrected chi connectivity index (χ3v) is 2.59. The highest BCUT2D eigenvalue weighted by Gasteiger charge is 2.36. The van der Waals surface area contributed by atoms with Crippen LogP contribution >= 0.6 is 0 Å². The van der Waals surface area contributed by atoms with Crippen molar-refractivity contribution < 1.29 is 8.78 Å². The molecule has 0 aromatic rings. The smallest absolute Gasteiger partial charge is 0.248 e. The molecule has 1 aliphatic carbocycles. The lowest BCUT2D eigenvalue weighted by Crippen LogP contribution is -2.42. The number of halogens is 2. The molecular formula is C9H14F2N2. The van der Waals surface area contributed by atoms with E-state index in [0.29, 0.717) is 12.8 Å². The van der Waals surface area contributed by atoms with Crippen LogP contribution in [0.1, 0.15) is 25.7 Å². The zero-order valence-corrected chi connectivity index (χ0v) is 7.39. The number of hydrogen-bond acceptors (Lipinski definition) is 2. The molecule has 1 rings (SSSR count). The lowest BCUT2D eigenvalue weighted by Gasteiger charge is -2.30. The Bertz CT molecular complexity index is 200. The largest absolute Gasteiger partial charge is 0.270 e. The molecule has 0 aromatic carbocycles. The van der Waals surface area contributed by atoms with Gasteiger partial charge in [-0.1, -0.05) is 5.92 Å². The molecule has 0 bridgehead atoms. The Morgan fingerprint density at radius 2 is 2.00 bits per heavy atom. The van der Waals surface area contributed by atoms with E-state index < -0.39 is 5.92 Å². The van der Waals surface area contributed by atoms with Gasteiger partial charge in [0.2, 0.25) is 5.92 Å². The molecule has 2 nitrogen and oxygen atoms in total. The van der Waals surface area contributed by atoms with Crippen molar-refractivity contribution in [2.75, 3.05) is 0 Å². The Morgan fingerprint density at radius 1 is 1.46 bits per heavy atom. The zero-order chi connectivity index (χ0) is 9.90. The highest BCUT2D eigenvalue weighted by atomic mass is 19.3. The molecule has 1 unspecified atom stereocenters. The zero-order valence-electron chi connectivity index (χ0n) is 7.39. The second-order valence-corrected chi connectivity index (χ2v) is 3.50. The fourth-order valence-corrected chi connectivity index (χ4v) is 1.72. The molecule has 1 aliphatic rings. The summed E-state index contributed by atoms with van der Waals surface area (Å²) in [6.07, 6.45) is 5.96. The van der Waals surface area contributed by atoms with Crippen molar-refractivity contribution in [3.05, 3.63) is 0 Å². The maximum Gasteiger partial charge on any atom is 0.248 e. The van der Waals surface area contributed by atoms with Crippen LogP contribution < -0.4 is 11.3 Å². The first-order valence-electron chi connectivity index (χ1n) is 4.39. The van der Waals surface area contributed by atoms with Gasteiger partial charge in [-0.2, -0.15) is 0 Å². The molecule has 74 valence electrons. The summed E-state index contributed by atoms with van der Waals surface area (Å²) in [4.78, 5) is 0. The number of nitrogens with two attached hydrogens (primary N) is 1. The Hall–Kier alpha value is -0.660. The van der Waals surface area contributed by atoms with E-state index in [2.05, 4.69) is 11.3 Å². The fraction of sp³-hybridized carbons (Fsp3) is 0.778. The summed E-state index contributed by atoms with van der Waals surface area (Å²) in [6.45, 7) is 0. The lowest BCUT2D eigenvalue weighted by atomic mass is 9.82. The van der Waals surface area contributed by atoms with Gasteiger partial charge in [-0.3, -0.25) is 5.84 Å². The third-order valence-electron chi connectivity index (χ3n) is 2.59. The van der Waals surface area contributed by atoms with Crippen LogP contribution in [0.25, 0.3) is 0 Å². The highest BCUT2D eigenvalue weighted by Crippen LogP contribution is 2.37. The van der Waals surface area contributed by atoms with Gasteiger partial charge in [-0.25, -0.2) is 14.2 Å². The summed E-state index contributed by atoms with van der Waals surface area (Å²) in [6, 6.07) is -0.268. The SMILES string of the molecule is C#CC(NN)C1CCC(F)(F)CC1. The van der Waals surface area contributed by atoms with Gasteiger partial charge in [-0.05, 0) is 18.8 Å². The third kappa shape index (κ3) is 2.64. The molecule has 0 aromatic heterocycles. The monoisotopic (exact) mass is 188 g/mol. The van der Waals surface area contributed by atoms with Gasteiger partial charge in [0, 0.05) is 12.8 Å². The van der Waals surface area contributed by atoms with Crippen LogP contribution in [0.5, 0.6) is 0 Å². The molecule has 0 amide bonds. The average Bonchev–Trinajstić information content (AvgIpc) is 2.09. The highest BCUT2D eigenvalue weighted by molar-refractivity contribution is 5.02. The predicted octanol–water partition coefficient (Wildman–Crippen LogP) is 1.28. The van der Waals surface area contributed by atoms with Crippen molar-refractivity contribution in [2.45, 2.75) is 37.6 Å². The number of nitrogens with one attached hydrogen (secondary N) is 1. The average molecular weight is 188 g/mol. The van der Waals surface area contributed by atoms with Crippen LogP contribution in [0.4, 0.5) is 8.78 Å². The van der Waals surface area contributed by atoms with E-state index in [4.69, 9.17) is 12.3 Å². The second-order valence-electron chi connectivity index (χ2n) is 3.50. The van der Waals surface area contributed by atoms with E-state index in [9.17, 15) is 8.78 Å². The quantitative estimate of drug-likeness (QED) is 0.389. The first-order chi connectivity index (χ1) is 6.09. The number of alkyl halides is 2. The molecular weight excluding hydrogens is 174 g/mol. The van der Waals surface area contributed by atoms with Gasteiger partial charge in [0.1, 0.15) is 0 Å². The minimum absolute atomic E-state index is 0.0719. The van der Waals surface area contributed by atoms with Crippen molar-refractivity contribution in [3.63, 3.8) is 0 Å². The maximum absolute atomic E-state index is 12.7. The van der Waals surface area contributed by atoms with E-state index in [-0.39, 0.29) is 24.8 Å². The van der Waals surface area contributed by atoms with Crippen LogP contribution in [0.15, 0.2) is 0 Å². The van der Waals surface area contributed by atoms with E-state index in [1.54, 1.807) is 0 Å². The minimum Gasteiger partial charge on any atom is -0.270 e. The molecule has 1 fully saturated rings. The number of hydrogen-bond donors (Lipinski definition) is 2. The molecule has 4 heteroatoms. The van der Waals surface area contributed by atoms with Gasteiger partial charge < -0.3 is 0 Å². The molecule has 0 radical (unpaired) electrons. The number of rotatable bonds is 2. The van der Waals surface area contributed by atoms with E-state index in [1.165, 1.54) is 0 Å². The topological polar surface area (TPSA) is 38.0 Å². The van der Waals surface area contributed by atoms with Gasteiger partial charge in [0.15, 0.2) is 0 Å². The van der Waals surface area contributed by atoms with Crippen molar-refractivity contribution in [2.24, 2.45) is 11.8 Å². The molecule has 0 spiro atoms. The minimum atomic E-state index is -2.50. The summed E-state index contributed by atoms with van der Waals surface area (Å²) in [5.74, 6) is 5.27. The normalized spacial score (nSPS) is 25.1.